The highest BCUT2D eigenvalue weighted by molar-refractivity contribution is 5.78. The molecule has 3 heteroatoms. The molecule has 0 atom stereocenters. The molecular weight excluding hydrogens is 178 g/mol. The Balaban J connectivity index is 1.72. The first kappa shape index (κ1) is 9.97. The Kier molecular flexibility index (Phi) is 2.52. The lowest BCUT2D eigenvalue weighted by Gasteiger charge is -2.46. The summed E-state index contributed by atoms with van der Waals surface area (Å²) in [6, 6.07) is 0. The maximum Gasteiger partial charge on any atom is 0.223 e. The highest BCUT2D eigenvalue weighted by atomic mass is 16.3. The molecule has 80 valence electrons. The summed E-state index contributed by atoms with van der Waals surface area (Å²) in [5.74, 6) is 0.899. The summed E-state index contributed by atoms with van der Waals surface area (Å²) in [7, 11) is 0. The number of carbonyl (C=O) groups is 1. The zero-order valence-corrected chi connectivity index (χ0v) is 8.83. The van der Waals surface area contributed by atoms with Gasteiger partial charge in [0, 0.05) is 6.42 Å². The fourth-order valence-electron chi connectivity index (χ4n) is 2.16. The second kappa shape index (κ2) is 3.54. The maximum absolute atomic E-state index is 11.6. The predicted molar refractivity (Wildman–Crippen MR) is 53.8 cm³/mol. The molecule has 1 aliphatic heterocycles. The smallest absolute Gasteiger partial charge is 0.223 e. The van der Waals surface area contributed by atoms with Gasteiger partial charge < -0.3 is 10.0 Å². The summed E-state index contributed by atoms with van der Waals surface area (Å²) in [4.78, 5) is 13.4. The summed E-state index contributed by atoms with van der Waals surface area (Å²) in [5.41, 5.74) is -0.562. The molecule has 1 saturated carbocycles. The Morgan fingerprint density at radius 1 is 1.50 bits per heavy atom. The van der Waals surface area contributed by atoms with Gasteiger partial charge in [0.25, 0.3) is 0 Å². The highest BCUT2D eigenvalue weighted by Crippen LogP contribution is 2.34. The SMILES string of the molecule is CCCC1(O)CN(C(=O)CC2CC2)C1. The normalized spacial score (nSPS) is 24.6. The number of hydrogen-bond acceptors (Lipinski definition) is 2. The monoisotopic (exact) mass is 197 g/mol. The lowest BCUT2D eigenvalue weighted by atomic mass is 9.89. The molecule has 2 rings (SSSR count). The Morgan fingerprint density at radius 3 is 2.64 bits per heavy atom. The largest absolute Gasteiger partial charge is 0.386 e. The Bertz CT molecular complexity index is 229. The maximum atomic E-state index is 11.6. The molecule has 1 aliphatic carbocycles. The van der Waals surface area contributed by atoms with Gasteiger partial charge in [0.1, 0.15) is 0 Å². The zero-order valence-electron chi connectivity index (χ0n) is 8.83. The Morgan fingerprint density at radius 2 is 2.14 bits per heavy atom. The summed E-state index contributed by atoms with van der Waals surface area (Å²) in [6.07, 6.45) is 4.96. The van der Waals surface area contributed by atoms with E-state index in [-0.39, 0.29) is 5.91 Å². The van der Waals surface area contributed by atoms with Crippen molar-refractivity contribution >= 4 is 5.91 Å². The first-order chi connectivity index (χ1) is 6.63. The van der Waals surface area contributed by atoms with Crippen LogP contribution in [0.3, 0.4) is 0 Å². The number of amides is 1. The van der Waals surface area contributed by atoms with E-state index >= 15 is 0 Å². The minimum Gasteiger partial charge on any atom is -0.386 e. The van der Waals surface area contributed by atoms with Crippen LogP contribution < -0.4 is 0 Å². The van der Waals surface area contributed by atoms with E-state index in [1.54, 1.807) is 4.90 Å². The summed E-state index contributed by atoms with van der Waals surface area (Å²) >= 11 is 0. The molecule has 1 amide bonds. The molecule has 1 N–H and O–H groups in total. The van der Waals surface area contributed by atoms with Crippen LogP contribution in [0.25, 0.3) is 0 Å². The van der Waals surface area contributed by atoms with Crippen molar-refractivity contribution in [2.45, 2.75) is 44.6 Å². The first-order valence-electron chi connectivity index (χ1n) is 5.63. The van der Waals surface area contributed by atoms with E-state index in [9.17, 15) is 9.90 Å². The summed E-state index contributed by atoms with van der Waals surface area (Å²) in [5, 5.41) is 9.89. The standard InChI is InChI=1S/C11H19NO2/c1-2-5-11(14)7-12(8-11)10(13)6-9-3-4-9/h9,14H,2-8H2,1H3. The van der Waals surface area contributed by atoms with Crippen molar-refractivity contribution in [1.82, 2.24) is 4.90 Å². The molecule has 0 unspecified atom stereocenters. The van der Waals surface area contributed by atoms with Crippen molar-refractivity contribution in [3.8, 4) is 0 Å². The van der Waals surface area contributed by atoms with Gasteiger partial charge in [-0.1, -0.05) is 13.3 Å². The van der Waals surface area contributed by atoms with Crippen LogP contribution >= 0.6 is 0 Å². The summed E-state index contributed by atoms with van der Waals surface area (Å²) < 4.78 is 0. The average molecular weight is 197 g/mol. The molecule has 0 aromatic rings. The molecule has 0 aromatic heterocycles. The molecule has 3 nitrogen and oxygen atoms in total. The topological polar surface area (TPSA) is 40.5 Å². The van der Waals surface area contributed by atoms with Gasteiger partial charge in [0.2, 0.25) is 5.91 Å². The first-order valence-corrected chi connectivity index (χ1v) is 5.63. The molecule has 0 aromatic carbocycles. The molecule has 1 heterocycles. The van der Waals surface area contributed by atoms with Crippen molar-refractivity contribution in [3.05, 3.63) is 0 Å². The van der Waals surface area contributed by atoms with Crippen molar-refractivity contribution in [1.29, 1.82) is 0 Å². The number of carbonyl (C=O) groups excluding carboxylic acids is 1. The number of hydrogen-bond donors (Lipinski definition) is 1. The molecule has 14 heavy (non-hydrogen) atoms. The third-order valence-corrected chi connectivity index (χ3v) is 3.20. The average Bonchev–Trinajstić information content (AvgIpc) is 2.84. The Labute approximate surface area is 85.1 Å². The van der Waals surface area contributed by atoms with Crippen molar-refractivity contribution in [2.75, 3.05) is 13.1 Å². The lowest BCUT2D eigenvalue weighted by molar-refractivity contribution is -0.156. The molecule has 2 fully saturated rings. The fourth-order valence-corrected chi connectivity index (χ4v) is 2.16. The summed E-state index contributed by atoms with van der Waals surface area (Å²) in [6.45, 7) is 3.19. The van der Waals surface area contributed by atoms with Crippen LogP contribution in [0, 0.1) is 5.92 Å². The van der Waals surface area contributed by atoms with Gasteiger partial charge in [-0.3, -0.25) is 4.79 Å². The van der Waals surface area contributed by atoms with E-state index in [0.717, 1.165) is 12.8 Å². The zero-order chi connectivity index (χ0) is 10.2. The van der Waals surface area contributed by atoms with E-state index in [1.807, 2.05) is 0 Å². The lowest BCUT2D eigenvalue weighted by Crippen LogP contribution is -2.63. The van der Waals surface area contributed by atoms with Crippen LogP contribution in [-0.2, 0) is 4.79 Å². The molecule has 1 saturated heterocycles. The van der Waals surface area contributed by atoms with Crippen molar-refractivity contribution < 1.29 is 9.90 Å². The Hall–Kier alpha value is -0.570. The van der Waals surface area contributed by atoms with Gasteiger partial charge in [-0.15, -0.1) is 0 Å². The van der Waals surface area contributed by atoms with Crippen molar-refractivity contribution in [3.63, 3.8) is 0 Å². The number of rotatable bonds is 4. The molecule has 2 aliphatic rings. The van der Waals surface area contributed by atoms with Gasteiger partial charge in [-0.05, 0) is 25.2 Å². The molecular formula is C11H19NO2. The van der Waals surface area contributed by atoms with Crippen LogP contribution in [0.4, 0.5) is 0 Å². The molecule has 0 radical (unpaired) electrons. The molecule has 0 bridgehead atoms. The van der Waals surface area contributed by atoms with Gasteiger partial charge in [-0.2, -0.15) is 0 Å². The van der Waals surface area contributed by atoms with E-state index in [2.05, 4.69) is 6.92 Å². The van der Waals surface area contributed by atoms with Gasteiger partial charge in [-0.25, -0.2) is 0 Å². The van der Waals surface area contributed by atoms with Crippen LogP contribution in [0.2, 0.25) is 0 Å². The van der Waals surface area contributed by atoms with E-state index < -0.39 is 5.60 Å². The van der Waals surface area contributed by atoms with Gasteiger partial charge in [0.15, 0.2) is 0 Å². The van der Waals surface area contributed by atoms with Crippen LogP contribution in [0.5, 0.6) is 0 Å². The predicted octanol–water partition coefficient (Wildman–Crippen LogP) is 1.16. The number of likely N-dealkylation sites (tertiary alicyclic amines) is 1. The van der Waals surface area contributed by atoms with Crippen molar-refractivity contribution in [2.24, 2.45) is 5.92 Å². The second-order valence-electron chi connectivity index (χ2n) is 4.87. The number of nitrogens with zero attached hydrogens (tertiary/aromatic N) is 1. The van der Waals surface area contributed by atoms with E-state index in [4.69, 9.17) is 0 Å². The minimum atomic E-state index is -0.562. The minimum absolute atomic E-state index is 0.244. The molecule has 0 spiro atoms. The van der Waals surface area contributed by atoms with Gasteiger partial charge >= 0.3 is 0 Å². The second-order valence-corrected chi connectivity index (χ2v) is 4.87. The highest BCUT2D eigenvalue weighted by Gasteiger charge is 2.43. The van der Waals surface area contributed by atoms with E-state index in [0.29, 0.717) is 25.4 Å². The quantitative estimate of drug-likeness (QED) is 0.734. The van der Waals surface area contributed by atoms with Crippen LogP contribution in [-0.4, -0.2) is 34.6 Å². The van der Waals surface area contributed by atoms with Crippen LogP contribution in [0.15, 0.2) is 0 Å². The number of aliphatic hydroxyl groups is 1. The van der Waals surface area contributed by atoms with Gasteiger partial charge in [0.05, 0.1) is 18.7 Å². The van der Waals surface area contributed by atoms with Crippen LogP contribution in [0.1, 0.15) is 39.0 Å². The fraction of sp³-hybridized carbons (Fsp3) is 0.909. The third-order valence-electron chi connectivity index (χ3n) is 3.20. The third kappa shape index (κ3) is 2.08. The van der Waals surface area contributed by atoms with E-state index in [1.165, 1.54) is 12.8 Å². The number of β-amino-alcohol motifs (C(OH)–C–C–N with tert-alkyl or cyclic N) is 1.